The van der Waals surface area contributed by atoms with Crippen LogP contribution >= 0.6 is 15.9 Å². The highest BCUT2D eigenvalue weighted by molar-refractivity contribution is 9.10. The number of carbonyl (C=O) groups is 1. The molecule has 0 saturated heterocycles. The van der Waals surface area contributed by atoms with Crippen molar-refractivity contribution in [3.63, 3.8) is 0 Å². The van der Waals surface area contributed by atoms with Crippen molar-refractivity contribution in [3.05, 3.63) is 57.8 Å². The Morgan fingerprint density at radius 2 is 1.95 bits per heavy atom. The second kappa shape index (κ2) is 6.38. The largest absolute Gasteiger partial charge is 0.491 e. The third-order valence-electron chi connectivity index (χ3n) is 2.95. The van der Waals surface area contributed by atoms with Crippen molar-refractivity contribution in [1.29, 1.82) is 0 Å². The van der Waals surface area contributed by atoms with Crippen molar-refractivity contribution in [3.8, 4) is 0 Å². The van der Waals surface area contributed by atoms with Gasteiger partial charge in [0.1, 0.15) is 5.82 Å². The second-order valence-corrected chi connectivity index (χ2v) is 5.38. The van der Waals surface area contributed by atoms with Gasteiger partial charge in [0.15, 0.2) is 0 Å². The smallest absolute Gasteiger partial charge is 0.423 e. The van der Waals surface area contributed by atoms with Crippen molar-refractivity contribution in [2.75, 3.05) is 5.32 Å². The number of anilines is 1. The second-order valence-electron chi connectivity index (χ2n) is 4.53. The van der Waals surface area contributed by atoms with E-state index in [9.17, 15) is 9.18 Å². The zero-order chi connectivity index (χ0) is 15.6. The third-order valence-corrected chi connectivity index (χ3v) is 3.84. The van der Waals surface area contributed by atoms with E-state index in [-0.39, 0.29) is 11.0 Å². The Labute approximate surface area is 129 Å². The van der Waals surface area contributed by atoms with Gasteiger partial charge >= 0.3 is 7.12 Å². The molecule has 0 aromatic heterocycles. The SMILES string of the molecule is Cc1cc(NC(=O)c2ccc(F)c(B(O)O)c2)ccc1Br. The molecule has 0 spiro atoms. The molecule has 21 heavy (non-hydrogen) atoms. The molecule has 2 aromatic carbocycles. The van der Waals surface area contributed by atoms with Crippen LogP contribution in [-0.2, 0) is 0 Å². The molecule has 0 heterocycles. The summed E-state index contributed by atoms with van der Waals surface area (Å²) in [6, 6.07) is 8.73. The number of nitrogens with one attached hydrogen (secondary N) is 1. The highest BCUT2D eigenvalue weighted by Crippen LogP contribution is 2.20. The van der Waals surface area contributed by atoms with E-state index in [0.717, 1.165) is 22.2 Å². The van der Waals surface area contributed by atoms with Gasteiger partial charge in [0, 0.05) is 21.2 Å². The standard InChI is InChI=1S/C14H12BBrFNO3/c1-8-6-10(3-4-12(8)16)18-14(19)9-2-5-13(17)11(7-9)15(20)21/h2-7,20-21H,1H3,(H,18,19). The first kappa shape index (κ1) is 15.7. The minimum absolute atomic E-state index is 0.139. The molecule has 0 aliphatic heterocycles. The number of amides is 1. The average molecular weight is 352 g/mol. The monoisotopic (exact) mass is 351 g/mol. The maximum absolute atomic E-state index is 13.4. The number of rotatable bonds is 3. The Bertz CT molecular complexity index is 694. The van der Waals surface area contributed by atoms with Crippen molar-refractivity contribution < 1.29 is 19.2 Å². The minimum Gasteiger partial charge on any atom is -0.423 e. The third kappa shape index (κ3) is 3.69. The summed E-state index contributed by atoms with van der Waals surface area (Å²) in [5.74, 6) is -1.24. The van der Waals surface area contributed by atoms with E-state index in [1.165, 1.54) is 6.07 Å². The maximum atomic E-state index is 13.4. The maximum Gasteiger partial charge on any atom is 0.491 e. The summed E-state index contributed by atoms with van der Waals surface area (Å²) in [5, 5.41) is 20.8. The molecular formula is C14H12BBrFNO3. The number of aryl methyl sites for hydroxylation is 1. The molecule has 1 amide bonds. The highest BCUT2D eigenvalue weighted by Gasteiger charge is 2.19. The molecule has 2 aromatic rings. The van der Waals surface area contributed by atoms with E-state index >= 15 is 0 Å². The molecule has 0 bridgehead atoms. The average Bonchev–Trinajstić information content (AvgIpc) is 2.43. The zero-order valence-corrected chi connectivity index (χ0v) is 12.7. The summed E-state index contributed by atoms with van der Waals surface area (Å²) >= 11 is 3.36. The molecule has 0 unspecified atom stereocenters. The van der Waals surface area contributed by atoms with E-state index in [1.54, 1.807) is 18.2 Å². The van der Waals surface area contributed by atoms with E-state index in [4.69, 9.17) is 10.0 Å². The lowest BCUT2D eigenvalue weighted by atomic mass is 9.79. The zero-order valence-electron chi connectivity index (χ0n) is 11.1. The van der Waals surface area contributed by atoms with Gasteiger partial charge in [0.05, 0.1) is 0 Å². The van der Waals surface area contributed by atoms with Crippen LogP contribution in [0.4, 0.5) is 10.1 Å². The number of benzene rings is 2. The first-order valence-electron chi connectivity index (χ1n) is 6.11. The summed E-state index contributed by atoms with van der Waals surface area (Å²) in [6.45, 7) is 1.89. The van der Waals surface area contributed by atoms with Crippen LogP contribution in [0.15, 0.2) is 40.9 Å². The lowest BCUT2D eigenvalue weighted by molar-refractivity contribution is 0.102. The van der Waals surface area contributed by atoms with Crippen molar-refractivity contribution in [1.82, 2.24) is 0 Å². The van der Waals surface area contributed by atoms with Gasteiger partial charge in [-0.2, -0.15) is 0 Å². The van der Waals surface area contributed by atoms with Gasteiger partial charge in [-0.3, -0.25) is 4.79 Å². The molecule has 0 aliphatic rings. The Morgan fingerprint density at radius 1 is 1.24 bits per heavy atom. The molecule has 0 saturated carbocycles. The van der Waals surface area contributed by atoms with Crippen LogP contribution in [0.1, 0.15) is 15.9 Å². The molecular weight excluding hydrogens is 340 g/mol. The van der Waals surface area contributed by atoms with Crippen LogP contribution < -0.4 is 10.8 Å². The summed E-state index contributed by atoms with van der Waals surface area (Å²) in [5.41, 5.74) is 1.35. The Balaban J connectivity index is 2.24. The van der Waals surface area contributed by atoms with Crippen molar-refractivity contribution in [2.45, 2.75) is 6.92 Å². The molecule has 2 rings (SSSR count). The van der Waals surface area contributed by atoms with Gasteiger partial charge in [-0.25, -0.2) is 4.39 Å². The molecule has 0 radical (unpaired) electrons. The number of hydrogen-bond acceptors (Lipinski definition) is 3. The van der Waals surface area contributed by atoms with Gasteiger partial charge in [0.25, 0.3) is 5.91 Å². The highest BCUT2D eigenvalue weighted by atomic mass is 79.9. The summed E-state index contributed by atoms with van der Waals surface area (Å²) < 4.78 is 14.3. The van der Waals surface area contributed by atoms with Gasteiger partial charge in [-0.05, 0) is 48.9 Å². The first-order chi connectivity index (χ1) is 9.88. The predicted molar refractivity (Wildman–Crippen MR) is 83.1 cm³/mol. The molecule has 0 atom stereocenters. The number of hydrogen-bond donors (Lipinski definition) is 3. The molecule has 0 aliphatic carbocycles. The van der Waals surface area contributed by atoms with E-state index < -0.39 is 18.8 Å². The lowest BCUT2D eigenvalue weighted by Crippen LogP contribution is -2.33. The molecule has 108 valence electrons. The lowest BCUT2D eigenvalue weighted by Gasteiger charge is -2.09. The fraction of sp³-hybridized carbons (Fsp3) is 0.0714. The van der Waals surface area contributed by atoms with Crippen molar-refractivity contribution in [2.24, 2.45) is 0 Å². The molecule has 7 heteroatoms. The summed E-state index contributed by atoms with van der Waals surface area (Å²) in [6.07, 6.45) is 0. The van der Waals surface area contributed by atoms with Gasteiger partial charge in [0.2, 0.25) is 0 Å². The predicted octanol–water partition coefficient (Wildman–Crippen LogP) is 1.83. The minimum atomic E-state index is -1.97. The molecule has 3 N–H and O–H groups in total. The Morgan fingerprint density at radius 3 is 2.57 bits per heavy atom. The fourth-order valence-electron chi connectivity index (χ4n) is 1.81. The van der Waals surface area contributed by atoms with Crippen molar-refractivity contribution >= 4 is 40.1 Å². The van der Waals surface area contributed by atoms with Gasteiger partial charge < -0.3 is 15.4 Å². The van der Waals surface area contributed by atoms with Crippen LogP contribution in [0, 0.1) is 12.7 Å². The van der Waals surface area contributed by atoms with Crippen LogP contribution in [-0.4, -0.2) is 23.1 Å². The quantitative estimate of drug-likeness (QED) is 0.739. The van der Waals surface area contributed by atoms with Crippen LogP contribution in [0.5, 0.6) is 0 Å². The number of halogens is 2. The fourth-order valence-corrected chi connectivity index (χ4v) is 2.06. The summed E-state index contributed by atoms with van der Waals surface area (Å²) in [4.78, 5) is 12.1. The van der Waals surface area contributed by atoms with Gasteiger partial charge in [-0.1, -0.05) is 15.9 Å². The van der Waals surface area contributed by atoms with E-state index in [1.807, 2.05) is 6.92 Å². The first-order valence-corrected chi connectivity index (χ1v) is 6.91. The van der Waals surface area contributed by atoms with E-state index in [0.29, 0.717) is 5.69 Å². The normalized spacial score (nSPS) is 10.3. The number of carbonyl (C=O) groups excluding carboxylic acids is 1. The topological polar surface area (TPSA) is 69.6 Å². The van der Waals surface area contributed by atoms with Crippen LogP contribution in [0.25, 0.3) is 0 Å². The Hall–Kier alpha value is -1.70. The van der Waals surface area contributed by atoms with Gasteiger partial charge in [-0.15, -0.1) is 0 Å². The molecule has 0 fully saturated rings. The summed E-state index contributed by atoms with van der Waals surface area (Å²) in [7, 11) is -1.97. The van der Waals surface area contributed by atoms with E-state index in [2.05, 4.69) is 21.2 Å². The Kier molecular flexibility index (Phi) is 4.77. The van der Waals surface area contributed by atoms with Crippen LogP contribution in [0.2, 0.25) is 0 Å². The molecule has 4 nitrogen and oxygen atoms in total. The van der Waals surface area contributed by atoms with Crippen LogP contribution in [0.3, 0.4) is 0 Å².